The predicted octanol–water partition coefficient (Wildman–Crippen LogP) is 4.46. The van der Waals surface area contributed by atoms with Gasteiger partial charge >= 0.3 is 0 Å². The van der Waals surface area contributed by atoms with E-state index in [0.717, 1.165) is 29.2 Å². The first-order valence-electron chi connectivity index (χ1n) is 5.39. The highest BCUT2D eigenvalue weighted by atomic mass is 79.9. The molecular formula is C13H10Br2O2. The van der Waals surface area contributed by atoms with Crippen LogP contribution in [0.3, 0.4) is 0 Å². The monoisotopic (exact) mass is 356 g/mol. The van der Waals surface area contributed by atoms with Crippen LogP contribution in [0.4, 0.5) is 0 Å². The Balaban J connectivity index is 1.94. The minimum atomic E-state index is 0.0831. The van der Waals surface area contributed by atoms with Gasteiger partial charge in [-0.3, -0.25) is 0 Å². The second kappa shape index (κ2) is 4.50. The Labute approximate surface area is 116 Å². The maximum atomic E-state index is 5.56. The molecular weight excluding hydrogens is 348 g/mol. The maximum Gasteiger partial charge on any atom is 0.169 e. The maximum absolute atomic E-state index is 5.56. The molecule has 0 bridgehead atoms. The predicted molar refractivity (Wildman–Crippen MR) is 72.8 cm³/mol. The van der Waals surface area contributed by atoms with Crippen LogP contribution in [0.1, 0.15) is 21.7 Å². The molecule has 0 spiro atoms. The molecule has 0 aliphatic carbocycles. The van der Waals surface area contributed by atoms with E-state index in [4.69, 9.17) is 9.15 Å². The number of rotatable bonds is 2. The standard InChI is InChI=1S/C13H10Br2O2/c14-12-4-3-11(17-12)13(15)9-1-2-10-8(7-9)5-6-16-10/h1-4,7,13H,5-6H2. The molecule has 1 aromatic carbocycles. The highest BCUT2D eigenvalue weighted by Crippen LogP contribution is 2.36. The summed E-state index contributed by atoms with van der Waals surface area (Å²) in [5.41, 5.74) is 2.47. The normalized spacial score (nSPS) is 15.4. The summed E-state index contributed by atoms with van der Waals surface area (Å²) in [6.45, 7) is 0.790. The van der Waals surface area contributed by atoms with Crippen molar-refractivity contribution in [3.63, 3.8) is 0 Å². The van der Waals surface area contributed by atoms with Crippen LogP contribution in [-0.2, 0) is 6.42 Å². The van der Waals surface area contributed by atoms with E-state index in [2.05, 4.69) is 44.0 Å². The molecule has 1 aromatic heterocycles. The number of ether oxygens (including phenoxy) is 1. The topological polar surface area (TPSA) is 22.4 Å². The van der Waals surface area contributed by atoms with Gasteiger partial charge in [-0.05, 0) is 45.3 Å². The fourth-order valence-corrected chi connectivity index (χ4v) is 2.84. The molecule has 17 heavy (non-hydrogen) atoms. The third-order valence-electron chi connectivity index (χ3n) is 2.85. The third-order valence-corrected chi connectivity index (χ3v) is 4.26. The highest BCUT2D eigenvalue weighted by Gasteiger charge is 2.18. The first-order chi connectivity index (χ1) is 8.24. The summed E-state index contributed by atoms with van der Waals surface area (Å²) >= 11 is 6.98. The molecule has 1 atom stereocenters. The molecule has 1 aliphatic rings. The summed E-state index contributed by atoms with van der Waals surface area (Å²) in [7, 11) is 0. The van der Waals surface area contributed by atoms with Crippen LogP contribution >= 0.6 is 31.9 Å². The lowest BCUT2D eigenvalue weighted by atomic mass is 10.1. The fourth-order valence-electron chi connectivity index (χ4n) is 1.99. The first kappa shape index (κ1) is 11.4. The first-order valence-corrected chi connectivity index (χ1v) is 7.10. The number of benzene rings is 1. The van der Waals surface area contributed by atoms with E-state index in [-0.39, 0.29) is 4.83 Å². The van der Waals surface area contributed by atoms with Crippen molar-refractivity contribution >= 4 is 31.9 Å². The zero-order valence-electron chi connectivity index (χ0n) is 8.95. The lowest BCUT2D eigenvalue weighted by molar-refractivity contribution is 0.357. The quantitative estimate of drug-likeness (QED) is 0.740. The Morgan fingerprint density at radius 2 is 2.06 bits per heavy atom. The molecule has 88 valence electrons. The van der Waals surface area contributed by atoms with Gasteiger partial charge in [-0.2, -0.15) is 0 Å². The van der Waals surface area contributed by atoms with Crippen LogP contribution in [0, 0.1) is 0 Å². The van der Waals surface area contributed by atoms with Gasteiger partial charge in [0.05, 0.1) is 11.4 Å². The van der Waals surface area contributed by atoms with Gasteiger partial charge in [-0.25, -0.2) is 0 Å². The molecule has 2 heterocycles. The molecule has 3 rings (SSSR count). The molecule has 0 saturated carbocycles. The SMILES string of the molecule is Brc1ccc(C(Br)c2ccc3c(c2)CCO3)o1. The molecule has 1 aliphatic heterocycles. The Bertz CT molecular complexity index is 548. The number of hydrogen-bond acceptors (Lipinski definition) is 2. The molecule has 0 radical (unpaired) electrons. The fraction of sp³-hybridized carbons (Fsp3) is 0.231. The van der Waals surface area contributed by atoms with E-state index in [1.165, 1.54) is 11.1 Å². The minimum Gasteiger partial charge on any atom is -0.493 e. The third kappa shape index (κ3) is 2.16. The summed E-state index contributed by atoms with van der Waals surface area (Å²) in [6.07, 6.45) is 0.991. The van der Waals surface area contributed by atoms with E-state index < -0.39 is 0 Å². The number of halogens is 2. The summed E-state index contributed by atoms with van der Waals surface area (Å²) < 4.78 is 11.8. The van der Waals surface area contributed by atoms with Crippen molar-refractivity contribution in [2.24, 2.45) is 0 Å². The summed E-state index contributed by atoms with van der Waals surface area (Å²) in [5, 5.41) is 0. The number of hydrogen-bond donors (Lipinski definition) is 0. The summed E-state index contributed by atoms with van der Waals surface area (Å²) in [6, 6.07) is 10.1. The van der Waals surface area contributed by atoms with Crippen LogP contribution in [0.15, 0.2) is 39.4 Å². The van der Waals surface area contributed by atoms with Crippen molar-refractivity contribution in [2.75, 3.05) is 6.61 Å². The van der Waals surface area contributed by atoms with Gasteiger partial charge < -0.3 is 9.15 Å². The summed E-state index contributed by atoms with van der Waals surface area (Å²) in [4.78, 5) is 0.0831. The molecule has 2 aromatic rings. The van der Waals surface area contributed by atoms with Gasteiger partial charge in [0.25, 0.3) is 0 Å². The Hall–Kier alpha value is -0.740. The van der Waals surface area contributed by atoms with Crippen molar-refractivity contribution in [1.82, 2.24) is 0 Å². The van der Waals surface area contributed by atoms with Crippen molar-refractivity contribution in [3.8, 4) is 5.75 Å². The van der Waals surface area contributed by atoms with Gasteiger partial charge in [-0.1, -0.05) is 28.1 Å². The van der Waals surface area contributed by atoms with Gasteiger partial charge in [0.2, 0.25) is 0 Å². The highest BCUT2D eigenvalue weighted by molar-refractivity contribution is 9.10. The molecule has 0 amide bonds. The Morgan fingerprint density at radius 1 is 1.18 bits per heavy atom. The number of fused-ring (bicyclic) bond motifs is 1. The lowest BCUT2D eigenvalue weighted by Crippen LogP contribution is -1.91. The van der Waals surface area contributed by atoms with E-state index in [9.17, 15) is 0 Å². The van der Waals surface area contributed by atoms with E-state index in [0.29, 0.717) is 0 Å². The molecule has 1 unspecified atom stereocenters. The smallest absolute Gasteiger partial charge is 0.169 e. The van der Waals surface area contributed by atoms with Gasteiger partial charge in [0, 0.05) is 6.42 Å². The van der Waals surface area contributed by atoms with Crippen molar-refractivity contribution in [2.45, 2.75) is 11.2 Å². The van der Waals surface area contributed by atoms with Crippen LogP contribution in [-0.4, -0.2) is 6.61 Å². The van der Waals surface area contributed by atoms with Gasteiger partial charge in [-0.15, -0.1) is 0 Å². The molecule has 0 N–H and O–H groups in total. The largest absolute Gasteiger partial charge is 0.493 e. The van der Waals surface area contributed by atoms with Crippen molar-refractivity contribution < 1.29 is 9.15 Å². The number of alkyl halides is 1. The van der Waals surface area contributed by atoms with Crippen molar-refractivity contribution in [1.29, 1.82) is 0 Å². The van der Waals surface area contributed by atoms with Crippen LogP contribution in [0.5, 0.6) is 5.75 Å². The van der Waals surface area contributed by atoms with Gasteiger partial charge in [0.1, 0.15) is 11.5 Å². The van der Waals surface area contributed by atoms with Crippen LogP contribution in [0.25, 0.3) is 0 Å². The van der Waals surface area contributed by atoms with E-state index in [1.807, 2.05) is 18.2 Å². The average Bonchev–Trinajstić information content (AvgIpc) is 2.95. The molecule has 0 saturated heterocycles. The molecule has 2 nitrogen and oxygen atoms in total. The zero-order chi connectivity index (χ0) is 11.8. The second-order valence-corrected chi connectivity index (χ2v) is 5.67. The zero-order valence-corrected chi connectivity index (χ0v) is 12.1. The van der Waals surface area contributed by atoms with Gasteiger partial charge in [0.15, 0.2) is 4.67 Å². The van der Waals surface area contributed by atoms with E-state index >= 15 is 0 Å². The van der Waals surface area contributed by atoms with Crippen molar-refractivity contribution in [3.05, 3.63) is 51.9 Å². The minimum absolute atomic E-state index is 0.0831. The van der Waals surface area contributed by atoms with Crippen LogP contribution in [0.2, 0.25) is 0 Å². The van der Waals surface area contributed by atoms with E-state index in [1.54, 1.807) is 0 Å². The Morgan fingerprint density at radius 3 is 2.82 bits per heavy atom. The van der Waals surface area contributed by atoms with Crippen LogP contribution < -0.4 is 4.74 Å². The Kier molecular flexibility index (Phi) is 3.01. The second-order valence-electron chi connectivity index (χ2n) is 3.97. The lowest BCUT2D eigenvalue weighted by Gasteiger charge is -2.08. The molecule has 4 heteroatoms. The average molecular weight is 358 g/mol. The molecule has 0 fully saturated rings. The number of furan rings is 1. The summed E-state index contributed by atoms with van der Waals surface area (Å²) in [5.74, 6) is 1.91.